The summed E-state index contributed by atoms with van der Waals surface area (Å²) in [5.41, 5.74) is -0.498. The third-order valence-electron chi connectivity index (χ3n) is 5.08. The summed E-state index contributed by atoms with van der Waals surface area (Å²) in [5, 5.41) is 13.5. The van der Waals surface area contributed by atoms with Gasteiger partial charge in [-0.1, -0.05) is 0 Å². The molecule has 5 nitrogen and oxygen atoms in total. The Morgan fingerprint density at radius 1 is 1.27 bits per heavy atom. The van der Waals surface area contributed by atoms with Crippen LogP contribution in [0.1, 0.15) is 44.9 Å². The lowest BCUT2D eigenvalue weighted by atomic mass is 9.80. The smallest absolute Gasteiger partial charge is 0.193 e. The van der Waals surface area contributed by atoms with Gasteiger partial charge in [0.25, 0.3) is 0 Å². The fourth-order valence-electron chi connectivity index (χ4n) is 3.13. The molecule has 0 atom stereocenters. The number of aliphatic imine (C=N–C) groups is 1. The zero-order chi connectivity index (χ0) is 14.7. The molecule has 0 bridgehead atoms. The Morgan fingerprint density at radius 3 is 2.45 bits per heavy atom. The molecule has 2 aliphatic carbocycles. The number of hydrogen-bond donors (Lipinski definition) is 2. The van der Waals surface area contributed by atoms with Crippen LogP contribution >= 0.6 is 24.0 Å². The molecule has 2 N–H and O–H groups in total. The number of likely N-dealkylation sites (tertiary alicyclic amines) is 1. The van der Waals surface area contributed by atoms with E-state index in [9.17, 15) is 5.11 Å². The van der Waals surface area contributed by atoms with Crippen molar-refractivity contribution < 1.29 is 9.84 Å². The van der Waals surface area contributed by atoms with Gasteiger partial charge in [-0.15, -0.1) is 24.0 Å². The van der Waals surface area contributed by atoms with Crippen LogP contribution in [0.2, 0.25) is 0 Å². The molecule has 2 saturated carbocycles. The van der Waals surface area contributed by atoms with Crippen LogP contribution < -0.4 is 5.32 Å². The van der Waals surface area contributed by atoms with E-state index < -0.39 is 5.60 Å². The van der Waals surface area contributed by atoms with Crippen molar-refractivity contribution in [3.8, 4) is 0 Å². The van der Waals surface area contributed by atoms with Gasteiger partial charge in [0.15, 0.2) is 5.96 Å². The van der Waals surface area contributed by atoms with Gasteiger partial charge in [-0.3, -0.25) is 4.99 Å². The predicted octanol–water partition coefficient (Wildman–Crippen LogP) is 1.99. The Morgan fingerprint density at radius 2 is 1.95 bits per heavy atom. The molecule has 128 valence electrons. The van der Waals surface area contributed by atoms with Crippen molar-refractivity contribution in [1.82, 2.24) is 10.2 Å². The largest absolute Gasteiger partial charge is 0.388 e. The summed E-state index contributed by atoms with van der Waals surface area (Å²) in [6.07, 6.45) is 8.27. The molecule has 1 heterocycles. The van der Waals surface area contributed by atoms with Crippen LogP contribution in [0.15, 0.2) is 4.99 Å². The zero-order valence-corrected chi connectivity index (χ0v) is 15.9. The molecule has 1 saturated heterocycles. The maximum atomic E-state index is 10.2. The molecule has 1 aliphatic heterocycles. The number of rotatable bonds is 5. The van der Waals surface area contributed by atoms with Crippen LogP contribution in [0.25, 0.3) is 0 Å². The molecule has 0 unspecified atom stereocenters. The summed E-state index contributed by atoms with van der Waals surface area (Å²) in [4.78, 5) is 6.65. The highest BCUT2D eigenvalue weighted by Crippen LogP contribution is 2.31. The van der Waals surface area contributed by atoms with Gasteiger partial charge in [-0.25, -0.2) is 0 Å². The zero-order valence-electron chi connectivity index (χ0n) is 13.6. The van der Waals surface area contributed by atoms with E-state index in [1.54, 1.807) is 0 Å². The maximum Gasteiger partial charge on any atom is 0.193 e. The Hall–Kier alpha value is -0.0800. The van der Waals surface area contributed by atoms with Crippen molar-refractivity contribution in [3.05, 3.63) is 0 Å². The number of piperidine rings is 1. The van der Waals surface area contributed by atoms with Crippen LogP contribution in [0.5, 0.6) is 0 Å². The van der Waals surface area contributed by atoms with Crippen LogP contribution in [-0.2, 0) is 4.74 Å². The minimum Gasteiger partial charge on any atom is -0.388 e. The molecular formula is C16H30IN3O2. The number of halogens is 1. The predicted molar refractivity (Wildman–Crippen MR) is 98.8 cm³/mol. The van der Waals surface area contributed by atoms with E-state index in [0.717, 1.165) is 63.7 Å². The van der Waals surface area contributed by atoms with Crippen molar-refractivity contribution >= 4 is 29.9 Å². The number of nitrogens with one attached hydrogen (secondary N) is 1. The van der Waals surface area contributed by atoms with Gasteiger partial charge in [0.2, 0.25) is 0 Å². The van der Waals surface area contributed by atoms with Gasteiger partial charge in [0.1, 0.15) is 0 Å². The van der Waals surface area contributed by atoms with Gasteiger partial charge in [0.05, 0.1) is 11.7 Å². The van der Waals surface area contributed by atoms with Crippen molar-refractivity contribution in [2.75, 3.05) is 33.3 Å². The number of aliphatic hydroxyl groups is 1. The highest BCUT2D eigenvalue weighted by atomic mass is 127. The molecule has 22 heavy (non-hydrogen) atoms. The van der Waals surface area contributed by atoms with Gasteiger partial charge < -0.3 is 20.1 Å². The van der Waals surface area contributed by atoms with E-state index in [1.165, 1.54) is 12.8 Å². The van der Waals surface area contributed by atoms with Crippen molar-refractivity contribution in [3.63, 3.8) is 0 Å². The highest BCUT2D eigenvalue weighted by molar-refractivity contribution is 14.0. The van der Waals surface area contributed by atoms with E-state index >= 15 is 0 Å². The maximum absolute atomic E-state index is 10.2. The molecule has 3 fully saturated rings. The first-order valence-corrected chi connectivity index (χ1v) is 8.48. The molecule has 0 amide bonds. The van der Waals surface area contributed by atoms with Gasteiger partial charge >= 0.3 is 0 Å². The fourth-order valence-corrected chi connectivity index (χ4v) is 3.13. The first kappa shape index (κ1) is 18.3. The quantitative estimate of drug-likeness (QED) is 0.404. The fraction of sp³-hybridized carbons (Fsp3) is 0.938. The monoisotopic (exact) mass is 423 g/mol. The van der Waals surface area contributed by atoms with Gasteiger partial charge in [-0.2, -0.15) is 0 Å². The van der Waals surface area contributed by atoms with E-state index in [4.69, 9.17) is 4.74 Å². The van der Waals surface area contributed by atoms with Crippen LogP contribution in [0.4, 0.5) is 0 Å². The molecule has 6 heteroatoms. The van der Waals surface area contributed by atoms with Gasteiger partial charge in [0, 0.05) is 33.3 Å². The average molecular weight is 423 g/mol. The molecule has 0 spiro atoms. The Kier molecular flexibility index (Phi) is 6.76. The summed E-state index contributed by atoms with van der Waals surface area (Å²) in [7, 11) is 1.82. The normalized spacial score (nSPS) is 25.4. The number of hydrogen-bond acceptors (Lipinski definition) is 3. The molecular weight excluding hydrogens is 393 g/mol. The third kappa shape index (κ3) is 4.96. The molecule has 3 rings (SSSR count). The Labute approximate surface area is 150 Å². The Bertz CT molecular complexity index is 376. The van der Waals surface area contributed by atoms with Crippen molar-refractivity contribution in [1.29, 1.82) is 0 Å². The van der Waals surface area contributed by atoms with Gasteiger partial charge in [-0.05, 0) is 50.9 Å². The van der Waals surface area contributed by atoms with Crippen LogP contribution in [-0.4, -0.2) is 61.0 Å². The first-order valence-electron chi connectivity index (χ1n) is 8.48. The third-order valence-corrected chi connectivity index (χ3v) is 5.08. The lowest BCUT2D eigenvalue weighted by Crippen LogP contribution is -2.53. The molecule has 0 aromatic carbocycles. The first-order chi connectivity index (χ1) is 10.2. The van der Waals surface area contributed by atoms with E-state index in [0.29, 0.717) is 12.6 Å². The molecule has 3 aliphatic rings. The van der Waals surface area contributed by atoms with Crippen molar-refractivity contribution in [2.24, 2.45) is 10.9 Å². The SMILES string of the molecule is CN=C(NCC1(O)CCC1)N1CCC(OCC2CC2)CC1.I. The van der Waals surface area contributed by atoms with Crippen molar-refractivity contribution in [2.45, 2.75) is 56.7 Å². The lowest BCUT2D eigenvalue weighted by Gasteiger charge is -2.39. The van der Waals surface area contributed by atoms with E-state index in [-0.39, 0.29) is 24.0 Å². The topological polar surface area (TPSA) is 57.1 Å². The Balaban J connectivity index is 0.00000176. The molecule has 0 radical (unpaired) electrons. The second-order valence-corrected chi connectivity index (χ2v) is 6.94. The summed E-state index contributed by atoms with van der Waals surface area (Å²) in [6.45, 7) is 3.57. The van der Waals surface area contributed by atoms with Crippen LogP contribution in [0.3, 0.4) is 0 Å². The van der Waals surface area contributed by atoms with Crippen LogP contribution in [0, 0.1) is 5.92 Å². The summed E-state index contributed by atoms with van der Waals surface area (Å²) in [5.74, 6) is 1.77. The second-order valence-electron chi connectivity index (χ2n) is 6.94. The standard InChI is InChI=1S/C16H29N3O2.HI/c1-17-15(18-12-16(20)7-2-8-16)19-9-5-14(6-10-19)21-11-13-3-4-13;/h13-14,20H,2-12H2,1H3,(H,17,18);1H. The summed E-state index contributed by atoms with van der Waals surface area (Å²) >= 11 is 0. The molecule has 0 aromatic rings. The lowest BCUT2D eigenvalue weighted by molar-refractivity contribution is -0.0287. The molecule has 0 aromatic heterocycles. The summed E-state index contributed by atoms with van der Waals surface area (Å²) < 4.78 is 5.98. The average Bonchev–Trinajstić information content (AvgIpc) is 3.29. The number of guanidine groups is 1. The van der Waals surface area contributed by atoms with E-state index in [1.807, 2.05) is 7.05 Å². The minimum absolute atomic E-state index is 0. The summed E-state index contributed by atoms with van der Waals surface area (Å²) in [6, 6.07) is 0. The minimum atomic E-state index is -0.498. The van der Waals surface area contributed by atoms with E-state index in [2.05, 4.69) is 15.2 Å². The highest BCUT2D eigenvalue weighted by Gasteiger charge is 2.35. The number of nitrogens with zero attached hydrogens (tertiary/aromatic N) is 2. The second kappa shape index (κ2) is 8.15. The number of ether oxygens (including phenoxy) is 1.